The summed E-state index contributed by atoms with van der Waals surface area (Å²) in [6.07, 6.45) is 5.60. The number of ether oxygens (including phenoxy) is 2. The summed E-state index contributed by atoms with van der Waals surface area (Å²) >= 11 is 0. The number of amides is 1. The van der Waals surface area contributed by atoms with Crippen LogP contribution in [0.1, 0.15) is 60.9 Å². The summed E-state index contributed by atoms with van der Waals surface area (Å²) in [6, 6.07) is 5.43. The van der Waals surface area contributed by atoms with Crippen LogP contribution >= 0.6 is 0 Å². The van der Waals surface area contributed by atoms with Gasteiger partial charge in [0.2, 0.25) is 0 Å². The second-order valence-electron chi connectivity index (χ2n) is 8.12. The van der Waals surface area contributed by atoms with Crippen LogP contribution in [0, 0.1) is 11.3 Å². The second kappa shape index (κ2) is 8.68. The van der Waals surface area contributed by atoms with Crippen LogP contribution in [0.15, 0.2) is 23.3 Å². The maximum absolute atomic E-state index is 12.7. The minimum atomic E-state index is -0.297. The number of carbonyl (C=O) groups excluding carboxylic acids is 1. The van der Waals surface area contributed by atoms with Crippen LogP contribution in [0.4, 0.5) is 0 Å². The molecule has 1 heterocycles. The molecule has 3 rings (SSSR count). The third-order valence-electron chi connectivity index (χ3n) is 6.16. The zero-order valence-electron chi connectivity index (χ0n) is 17.8. The van der Waals surface area contributed by atoms with Gasteiger partial charge in [-0.05, 0) is 54.4 Å². The molecule has 0 saturated heterocycles. The van der Waals surface area contributed by atoms with Crippen molar-refractivity contribution in [3.05, 3.63) is 40.7 Å². The van der Waals surface area contributed by atoms with Crippen molar-refractivity contribution in [3.8, 4) is 11.5 Å². The number of hydrogen-bond acceptors (Lipinski definition) is 5. The topological polar surface area (TPSA) is 88.6 Å². The Morgan fingerprint density at radius 3 is 2.79 bits per heavy atom. The lowest BCUT2D eigenvalue weighted by Gasteiger charge is -2.36. The van der Waals surface area contributed by atoms with Crippen LogP contribution in [0.25, 0.3) is 0 Å². The summed E-state index contributed by atoms with van der Waals surface area (Å²) < 4.78 is 10.5. The van der Waals surface area contributed by atoms with Gasteiger partial charge in [0.1, 0.15) is 0 Å². The van der Waals surface area contributed by atoms with Gasteiger partial charge in [0.25, 0.3) is 5.91 Å². The summed E-state index contributed by atoms with van der Waals surface area (Å²) in [5.41, 5.74) is 6.17. The fourth-order valence-electron chi connectivity index (χ4n) is 3.79. The molecule has 1 aliphatic rings. The molecule has 0 spiro atoms. The van der Waals surface area contributed by atoms with Crippen LogP contribution in [0.2, 0.25) is 0 Å². The van der Waals surface area contributed by atoms with E-state index >= 15 is 0 Å². The highest BCUT2D eigenvalue weighted by atomic mass is 16.5. The SMILES string of the molecule is CCC(C)(C)[C@@H]1CCc2[nH]nc(C(=O)N/N=C\c3ccc(OC)c(OC)c3)c2C1. The Morgan fingerprint density at radius 2 is 2.10 bits per heavy atom. The van der Waals surface area contributed by atoms with Gasteiger partial charge in [-0.1, -0.05) is 27.2 Å². The number of hydrazone groups is 1. The summed E-state index contributed by atoms with van der Waals surface area (Å²) in [4.78, 5) is 12.7. The molecule has 1 aliphatic carbocycles. The highest BCUT2D eigenvalue weighted by Crippen LogP contribution is 2.40. The highest BCUT2D eigenvalue weighted by Gasteiger charge is 2.34. The molecule has 2 aromatic rings. The molecular weight excluding hydrogens is 368 g/mol. The van der Waals surface area contributed by atoms with E-state index in [-0.39, 0.29) is 11.3 Å². The molecule has 0 unspecified atom stereocenters. The Bertz CT molecular complexity index is 901. The fourth-order valence-corrected chi connectivity index (χ4v) is 3.79. The Balaban J connectivity index is 1.70. The number of H-pyrrole nitrogens is 1. The van der Waals surface area contributed by atoms with E-state index in [1.54, 1.807) is 32.6 Å². The number of nitrogens with one attached hydrogen (secondary N) is 2. The normalized spacial score (nSPS) is 16.5. The third kappa shape index (κ3) is 4.44. The van der Waals surface area contributed by atoms with E-state index in [1.165, 1.54) is 0 Å². The lowest BCUT2D eigenvalue weighted by atomic mass is 9.69. The maximum Gasteiger partial charge on any atom is 0.292 e. The zero-order chi connectivity index (χ0) is 21.0. The summed E-state index contributed by atoms with van der Waals surface area (Å²) in [5.74, 6) is 1.49. The van der Waals surface area contributed by atoms with Gasteiger partial charge in [0.05, 0.1) is 20.4 Å². The minimum absolute atomic E-state index is 0.244. The molecule has 1 aromatic carbocycles. The molecule has 1 atom stereocenters. The van der Waals surface area contributed by atoms with Crippen molar-refractivity contribution in [2.24, 2.45) is 16.4 Å². The quantitative estimate of drug-likeness (QED) is 0.549. The number of aryl methyl sites for hydroxylation is 1. The van der Waals surface area contributed by atoms with Gasteiger partial charge < -0.3 is 9.47 Å². The van der Waals surface area contributed by atoms with Crippen molar-refractivity contribution >= 4 is 12.1 Å². The van der Waals surface area contributed by atoms with Crippen molar-refractivity contribution in [1.82, 2.24) is 15.6 Å². The fraction of sp³-hybridized carbons (Fsp3) is 0.500. The molecule has 29 heavy (non-hydrogen) atoms. The van der Waals surface area contributed by atoms with Gasteiger partial charge in [-0.15, -0.1) is 0 Å². The molecule has 7 nitrogen and oxygen atoms in total. The van der Waals surface area contributed by atoms with E-state index in [9.17, 15) is 4.79 Å². The average molecular weight is 399 g/mol. The monoisotopic (exact) mass is 398 g/mol. The van der Waals surface area contributed by atoms with Crippen LogP contribution in [0.5, 0.6) is 11.5 Å². The Morgan fingerprint density at radius 1 is 1.34 bits per heavy atom. The Hall–Kier alpha value is -2.83. The van der Waals surface area contributed by atoms with E-state index in [0.717, 1.165) is 42.5 Å². The Kier molecular flexibility index (Phi) is 6.25. The summed E-state index contributed by atoms with van der Waals surface area (Å²) in [7, 11) is 3.16. The largest absolute Gasteiger partial charge is 0.493 e. The number of nitrogens with zero attached hydrogens (tertiary/aromatic N) is 2. The number of carbonyl (C=O) groups is 1. The first-order valence-corrected chi connectivity index (χ1v) is 10.0. The maximum atomic E-state index is 12.7. The van der Waals surface area contributed by atoms with Crippen LogP contribution in [-0.4, -0.2) is 36.5 Å². The molecule has 1 amide bonds. The predicted molar refractivity (Wildman–Crippen MR) is 113 cm³/mol. The van der Waals surface area contributed by atoms with Crippen molar-refractivity contribution < 1.29 is 14.3 Å². The summed E-state index contributed by atoms with van der Waals surface area (Å²) in [5, 5.41) is 11.4. The molecule has 0 radical (unpaired) electrons. The van der Waals surface area contributed by atoms with Crippen LogP contribution in [-0.2, 0) is 12.8 Å². The van der Waals surface area contributed by atoms with Crippen molar-refractivity contribution in [1.29, 1.82) is 0 Å². The zero-order valence-corrected chi connectivity index (χ0v) is 17.8. The average Bonchev–Trinajstić information content (AvgIpc) is 3.16. The number of fused-ring (bicyclic) bond motifs is 1. The highest BCUT2D eigenvalue weighted by molar-refractivity contribution is 5.94. The van der Waals surface area contributed by atoms with Gasteiger partial charge in [0.15, 0.2) is 17.2 Å². The molecule has 0 saturated carbocycles. The molecule has 0 bridgehead atoms. The first kappa shape index (κ1) is 20.9. The van der Waals surface area contributed by atoms with Crippen molar-refractivity contribution in [2.75, 3.05) is 14.2 Å². The molecular formula is C22H30N4O3. The van der Waals surface area contributed by atoms with Crippen LogP contribution in [0.3, 0.4) is 0 Å². The minimum Gasteiger partial charge on any atom is -0.493 e. The Labute approximate surface area is 171 Å². The number of rotatable bonds is 7. The molecule has 1 aromatic heterocycles. The van der Waals surface area contributed by atoms with Gasteiger partial charge in [-0.3, -0.25) is 9.89 Å². The standard InChI is InChI=1S/C22H30N4O3/c1-6-22(2,3)15-8-9-17-16(12-15)20(25-24-17)21(27)26-23-13-14-7-10-18(28-4)19(11-14)29-5/h7,10-11,13,15H,6,8-9,12H2,1-5H3,(H,24,25)(H,26,27)/b23-13-/t15-/m1/s1. The van der Waals surface area contributed by atoms with E-state index < -0.39 is 0 Å². The van der Waals surface area contributed by atoms with Crippen molar-refractivity contribution in [2.45, 2.75) is 46.5 Å². The van der Waals surface area contributed by atoms with E-state index in [1.807, 2.05) is 6.07 Å². The van der Waals surface area contributed by atoms with E-state index in [4.69, 9.17) is 9.47 Å². The second-order valence-corrected chi connectivity index (χ2v) is 8.12. The molecule has 0 aliphatic heterocycles. The number of hydrogen-bond donors (Lipinski definition) is 2. The first-order chi connectivity index (χ1) is 13.9. The number of aromatic amines is 1. The van der Waals surface area contributed by atoms with Gasteiger partial charge in [0, 0.05) is 11.3 Å². The van der Waals surface area contributed by atoms with E-state index in [0.29, 0.717) is 23.1 Å². The molecule has 0 fully saturated rings. The molecule has 7 heteroatoms. The van der Waals surface area contributed by atoms with Gasteiger partial charge >= 0.3 is 0 Å². The third-order valence-corrected chi connectivity index (χ3v) is 6.16. The van der Waals surface area contributed by atoms with Gasteiger partial charge in [-0.25, -0.2) is 5.43 Å². The smallest absolute Gasteiger partial charge is 0.292 e. The van der Waals surface area contributed by atoms with Gasteiger partial charge in [-0.2, -0.15) is 10.2 Å². The lowest BCUT2D eigenvalue weighted by molar-refractivity contribution is 0.0947. The number of aromatic nitrogens is 2. The molecule has 156 valence electrons. The lowest BCUT2D eigenvalue weighted by Crippen LogP contribution is -2.30. The van der Waals surface area contributed by atoms with Crippen LogP contribution < -0.4 is 14.9 Å². The predicted octanol–water partition coefficient (Wildman–Crippen LogP) is 3.73. The molecule has 2 N–H and O–H groups in total. The number of methoxy groups -OCH3 is 2. The first-order valence-electron chi connectivity index (χ1n) is 10.0. The summed E-state index contributed by atoms with van der Waals surface area (Å²) in [6.45, 7) is 6.83. The van der Waals surface area contributed by atoms with Crippen molar-refractivity contribution in [3.63, 3.8) is 0 Å². The number of benzene rings is 1. The van der Waals surface area contributed by atoms with E-state index in [2.05, 4.69) is 41.5 Å².